The monoisotopic (exact) mass is 300 g/mol. The largest absolute Gasteiger partial charge is 1.00 e. The topological polar surface area (TPSA) is 161 Å². The molecule has 8 nitrogen and oxygen atoms in total. The van der Waals surface area contributed by atoms with Gasteiger partial charge in [-0.25, -0.2) is 4.98 Å². The molecule has 0 bridgehead atoms. The Kier molecular flexibility index (Phi) is 10.2. The molecule has 0 aliphatic carbocycles. The van der Waals surface area contributed by atoms with Crippen molar-refractivity contribution < 1.29 is 78.9 Å². The fraction of sp³-hybridized carbons (Fsp3) is 0.500. The van der Waals surface area contributed by atoms with E-state index >= 15 is 0 Å². The van der Waals surface area contributed by atoms with E-state index in [1.807, 2.05) is 0 Å². The minimum absolute atomic E-state index is 0. The van der Waals surface area contributed by atoms with Gasteiger partial charge in [-0.3, -0.25) is 0 Å². The summed E-state index contributed by atoms with van der Waals surface area (Å²) < 4.78 is 0. The van der Waals surface area contributed by atoms with E-state index < -0.39 is 29.4 Å². The van der Waals surface area contributed by atoms with Gasteiger partial charge in [0.15, 0.2) is 0 Å². The summed E-state index contributed by atoms with van der Waals surface area (Å²) in [5.41, 5.74) is 9.01. The quantitative estimate of drug-likeness (QED) is 0.347. The van der Waals surface area contributed by atoms with Crippen LogP contribution < -0.4 is 80.8 Å². The molecule has 0 aliphatic rings. The summed E-state index contributed by atoms with van der Waals surface area (Å²) >= 11 is 0. The van der Waals surface area contributed by atoms with E-state index in [-0.39, 0.29) is 65.5 Å². The van der Waals surface area contributed by atoms with Crippen LogP contribution in [0, 0.1) is 11.8 Å². The molecule has 1 aromatic heterocycles. The maximum Gasteiger partial charge on any atom is 1.00 e. The number of aliphatic carboxylic acids is 2. The number of carboxylic acids is 2. The van der Waals surface area contributed by atoms with Crippen molar-refractivity contribution in [2.24, 2.45) is 23.3 Å². The van der Waals surface area contributed by atoms with E-state index in [0.717, 1.165) is 0 Å². The molecule has 1 rings (SSSR count). The van der Waals surface area contributed by atoms with Crippen molar-refractivity contribution in [2.45, 2.75) is 19.0 Å². The molecule has 2 unspecified atom stereocenters. The number of hydrogen-bond donors (Lipinski definition) is 3. The van der Waals surface area contributed by atoms with Crippen LogP contribution in [-0.2, 0) is 16.0 Å². The van der Waals surface area contributed by atoms with E-state index in [1.54, 1.807) is 0 Å². The third-order valence-corrected chi connectivity index (χ3v) is 3.01. The summed E-state index contributed by atoms with van der Waals surface area (Å²) in [5, 5.41) is 21.9. The van der Waals surface area contributed by atoms with Gasteiger partial charge in [-0.05, 0) is 6.42 Å². The van der Waals surface area contributed by atoms with Gasteiger partial charge in [-0.15, -0.1) is 0 Å². The molecule has 0 saturated carbocycles. The molecular formula is C10H14N4Na2O4. The van der Waals surface area contributed by atoms with E-state index in [9.17, 15) is 19.8 Å². The molecule has 5 N–H and O–H groups in total. The van der Waals surface area contributed by atoms with Gasteiger partial charge in [0.2, 0.25) is 0 Å². The van der Waals surface area contributed by atoms with Crippen LogP contribution in [0.3, 0.4) is 0 Å². The number of nitrogens with one attached hydrogen (secondary N) is 1. The van der Waals surface area contributed by atoms with Crippen LogP contribution in [-0.4, -0.2) is 27.6 Å². The van der Waals surface area contributed by atoms with Gasteiger partial charge >= 0.3 is 59.1 Å². The second-order valence-corrected chi connectivity index (χ2v) is 4.22. The zero-order valence-corrected chi connectivity index (χ0v) is 15.8. The Hall–Kier alpha value is 0.0700. The average Bonchev–Trinajstić information content (AvgIpc) is 2.76. The molecule has 10 heteroatoms. The first-order valence-corrected chi connectivity index (χ1v) is 5.24. The second kappa shape index (κ2) is 9.16. The Bertz CT molecular complexity index is 438. The molecular weight excluding hydrogens is 286 g/mol. The Morgan fingerprint density at radius 3 is 2.30 bits per heavy atom. The van der Waals surface area contributed by atoms with Crippen LogP contribution >= 0.6 is 0 Å². The molecule has 1 aromatic rings. The van der Waals surface area contributed by atoms with Gasteiger partial charge in [0.25, 0.3) is 0 Å². The van der Waals surface area contributed by atoms with Crippen LogP contribution in [0.5, 0.6) is 0 Å². The third-order valence-electron chi connectivity index (χ3n) is 3.01. The fourth-order valence-electron chi connectivity index (χ4n) is 1.62. The van der Waals surface area contributed by atoms with E-state index in [0.29, 0.717) is 5.69 Å². The predicted molar refractivity (Wildman–Crippen MR) is 56.1 cm³/mol. The molecule has 0 aromatic carbocycles. The molecule has 0 fully saturated rings. The number of aromatic amines is 1. The van der Waals surface area contributed by atoms with Crippen molar-refractivity contribution in [3.05, 3.63) is 18.2 Å². The summed E-state index contributed by atoms with van der Waals surface area (Å²) in [6.07, 6.45) is 2.80. The van der Waals surface area contributed by atoms with E-state index in [4.69, 9.17) is 11.5 Å². The number of nitrogens with two attached hydrogens (primary N) is 2. The first-order valence-electron chi connectivity index (χ1n) is 5.24. The molecule has 0 aliphatic heterocycles. The van der Waals surface area contributed by atoms with Gasteiger partial charge in [0.1, 0.15) is 5.66 Å². The van der Waals surface area contributed by atoms with E-state index in [2.05, 4.69) is 9.97 Å². The van der Waals surface area contributed by atoms with Gasteiger partial charge in [0.05, 0.1) is 12.3 Å². The minimum atomic E-state index is -2.25. The normalized spacial score (nSPS) is 13.6. The number of imidazole rings is 1. The second-order valence-electron chi connectivity index (χ2n) is 4.22. The number of hydrogen-bond acceptors (Lipinski definition) is 7. The molecule has 0 saturated heterocycles. The zero-order valence-electron chi connectivity index (χ0n) is 11.8. The fourth-order valence-corrected chi connectivity index (χ4v) is 1.62. The van der Waals surface area contributed by atoms with Crippen molar-refractivity contribution in [2.75, 3.05) is 0 Å². The van der Waals surface area contributed by atoms with Crippen LogP contribution in [0.25, 0.3) is 0 Å². The Morgan fingerprint density at radius 2 is 1.95 bits per heavy atom. The molecule has 1 heterocycles. The number of carbonyl (C=O) groups excluding carboxylic acids is 2. The van der Waals surface area contributed by atoms with E-state index in [1.165, 1.54) is 19.4 Å². The summed E-state index contributed by atoms with van der Waals surface area (Å²) in [7, 11) is 0. The number of carbonyl (C=O) groups is 2. The van der Waals surface area contributed by atoms with Gasteiger partial charge in [-0.2, -0.15) is 0 Å². The Morgan fingerprint density at radius 1 is 1.40 bits per heavy atom. The van der Waals surface area contributed by atoms with Crippen molar-refractivity contribution in [1.82, 2.24) is 9.97 Å². The summed E-state index contributed by atoms with van der Waals surface area (Å²) in [6, 6.07) is 0. The number of H-pyrrole nitrogens is 1. The number of aromatic nitrogens is 2. The average molecular weight is 300 g/mol. The van der Waals surface area contributed by atoms with Gasteiger partial charge < -0.3 is 36.3 Å². The number of carboxylic acid groups (broad SMARTS) is 2. The molecule has 2 atom stereocenters. The maximum atomic E-state index is 11.1. The predicted octanol–water partition coefficient (Wildman–Crippen LogP) is -9.67. The van der Waals surface area contributed by atoms with Crippen LogP contribution in [0.2, 0.25) is 0 Å². The first-order chi connectivity index (χ1) is 8.26. The van der Waals surface area contributed by atoms with Crippen molar-refractivity contribution in [1.29, 1.82) is 0 Å². The van der Waals surface area contributed by atoms with Crippen molar-refractivity contribution in [3.8, 4) is 0 Å². The smallest absolute Gasteiger partial charge is 0.550 e. The van der Waals surface area contributed by atoms with Crippen molar-refractivity contribution >= 4 is 11.9 Å². The number of rotatable bonds is 6. The SMILES string of the molecule is CC(C(Cc1cnc[nH]1)C(=O)[O-])C(N)(N)C(=O)[O-].[Na+].[Na+]. The maximum absolute atomic E-state index is 11.1. The van der Waals surface area contributed by atoms with Gasteiger partial charge in [-0.1, -0.05) is 6.92 Å². The standard InChI is InChI=1S/C10H16N4O4.2Na/c1-5(10(11,12)9(17)18)7(8(15)16)2-6-3-13-4-14-6;;/h3-5,7H,2,11-12H2,1H3,(H,13,14)(H,15,16)(H,17,18);;/q;2*+1/p-2. The van der Waals surface area contributed by atoms with Crippen LogP contribution in [0.1, 0.15) is 12.6 Å². The molecule has 0 spiro atoms. The minimum Gasteiger partial charge on any atom is -0.550 e. The molecule has 20 heavy (non-hydrogen) atoms. The molecule has 0 amide bonds. The third kappa shape index (κ3) is 5.45. The zero-order chi connectivity index (χ0) is 13.9. The summed E-state index contributed by atoms with van der Waals surface area (Å²) in [6.45, 7) is 1.33. The summed E-state index contributed by atoms with van der Waals surface area (Å²) in [5.74, 6) is -5.39. The first kappa shape index (κ1) is 22.4. The van der Waals surface area contributed by atoms with Crippen LogP contribution in [0.15, 0.2) is 12.5 Å². The van der Waals surface area contributed by atoms with Crippen LogP contribution in [0.4, 0.5) is 0 Å². The summed E-state index contributed by atoms with van der Waals surface area (Å²) in [4.78, 5) is 28.3. The van der Waals surface area contributed by atoms with Crippen molar-refractivity contribution in [3.63, 3.8) is 0 Å². The molecule has 100 valence electrons. The van der Waals surface area contributed by atoms with Gasteiger partial charge in [0, 0.05) is 29.7 Å². The Balaban J connectivity index is 0. The Labute approximate surface area is 160 Å². The number of nitrogens with zero attached hydrogens (tertiary/aromatic N) is 1. The molecule has 0 radical (unpaired) electrons.